The molecule has 0 bridgehead atoms. The number of hydrogen-bond donors (Lipinski definition) is 2. The molecule has 1 aliphatic heterocycles. The summed E-state index contributed by atoms with van der Waals surface area (Å²) < 4.78 is 12.2. The van der Waals surface area contributed by atoms with Gasteiger partial charge >= 0.3 is 0 Å². The van der Waals surface area contributed by atoms with E-state index in [9.17, 15) is 4.79 Å². The van der Waals surface area contributed by atoms with Crippen molar-refractivity contribution in [1.82, 2.24) is 20.2 Å². The molecule has 29 heavy (non-hydrogen) atoms. The third-order valence-electron chi connectivity index (χ3n) is 4.73. The molecule has 0 fully saturated rings. The molecule has 4 rings (SSSR count). The molecule has 2 heterocycles. The number of ether oxygens (including phenoxy) is 2. The number of nitrogens with zero attached hydrogens (tertiary/aromatic N) is 4. The Kier molecular flexibility index (Phi) is 4.86. The molecule has 3 aromatic rings. The number of hydrogen-bond acceptors (Lipinski definition) is 7. The lowest BCUT2D eigenvalue weighted by atomic mass is 9.95. The second-order valence-electron chi connectivity index (χ2n) is 6.44. The second-order valence-corrected chi connectivity index (χ2v) is 6.44. The van der Waals surface area contributed by atoms with Crippen molar-refractivity contribution in [2.24, 2.45) is 0 Å². The molecule has 0 spiro atoms. The van der Waals surface area contributed by atoms with Gasteiger partial charge in [0.25, 0.3) is 5.91 Å². The molecule has 9 nitrogen and oxygen atoms in total. The number of carbonyl (C=O) groups is 1. The molecule has 0 unspecified atom stereocenters. The van der Waals surface area contributed by atoms with Crippen molar-refractivity contribution in [2.45, 2.75) is 13.0 Å². The third-order valence-corrected chi connectivity index (χ3v) is 4.73. The van der Waals surface area contributed by atoms with E-state index in [-0.39, 0.29) is 5.91 Å². The standard InChI is InChI=1S/C20H20N6O3/c1-12-17(19(27)22-15-11-14(28-2)9-10-16(15)29-3)18(13-7-5-4-6-8-13)26-20(21-12)23-24-25-26/h4-11,18H,1-3H3,(H,22,27)(H,21,23,25)/t18-/m0/s1. The molecule has 0 radical (unpaired) electrons. The maximum Gasteiger partial charge on any atom is 0.255 e. The van der Waals surface area contributed by atoms with Crippen LogP contribution < -0.4 is 20.1 Å². The summed E-state index contributed by atoms with van der Waals surface area (Å²) in [4.78, 5) is 13.4. The minimum atomic E-state index is -0.473. The number of amides is 1. The summed E-state index contributed by atoms with van der Waals surface area (Å²) in [6.45, 7) is 1.83. The van der Waals surface area contributed by atoms with E-state index in [1.54, 1.807) is 37.1 Å². The number of nitrogens with one attached hydrogen (secondary N) is 2. The number of anilines is 2. The predicted octanol–water partition coefficient (Wildman–Crippen LogP) is 2.62. The Morgan fingerprint density at radius 3 is 2.66 bits per heavy atom. The Balaban J connectivity index is 1.75. The molecule has 2 aromatic carbocycles. The van der Waals surface area contributed by atoms with Gasteiger partial charge in [-0.2, -0.15) is 4.68 Å². The van der Waals surface area contributed by atoms with E-state index in [2.05, 4.69) is 26.2 Å². The smallest absolute Gasteiger partial charge is 0.255 e. The quantitative estimate of drug-likeness (QED) is 0.688. The molecular formula is C20H20N6O3. The predicted molar refractivity (Wildman–Crippen MR) is 107 cm³/mol. The van der Waals surface area contributed by atoms with Crippen LogP contribution in [0, 0.1) is 0 Å². The molecule has 2 N–H and O–H groups in total. The molecule has 1 aromatic heterocycles. The van der Waals surface area contributed by atoms with E-state index >= 15 is 0 Å². The normalized spacial score (nSPS) is 15.3. The fraction of sp³-hybridized carbons (Fsp3) is 0.200. The van der Waals surface area contributed by atoms with Crippen LogP contribution in [0.2, 0.25) is 0 Å². The summed E-state index contributed by atoms with van der Waals surface area (Å²) in [6, 6.07) is 14.4. The minimum absolute atomic E-state index is 0.295. The molecule has 0 aliphatic carbocycles. The van der Waals surface area contributed by atoms with Gasteiger partial charge in [0.2, 0.25) is 5.95 Å². The van der Waals surface area contributed by atoms with Crippen LogP contribution in [0.1, 0.15) is 18.5 Å². The first kappa shape index (κ1) is 18.5. The summed E-state index contributed by atoms with van der Waals surface area (Å²) in [6.07, 6.45) is 0. The van der Waals surface area contributed by atoms with Gasteiger partial charge in [0.05, 0.1) is 25.5 Å². The molecule has 1 amide bonds. The lowest BCUT2D eigenvalue weighted by Gasteiger charge is -2.28. The lowest BCUT2D eigenvalue weighted by molar-refractivity contribution is -0.113. The maximum atomic E-state index is 13.4. The van der Waals surface area contributed by atoms with Gasteiger partial charge in [-0.15, -0.1) is 0 Å². The summed E-state index contributed by atoms with van der Waals surface area (Å²) in [5.41, 5.74) is 2.57. The Labute approximate surface area is 167 Å². The Morgan fingerprint density at radius 2 is 1.93 bits per heavy atom. The first-order valence-corrected chi connectivity index (χ1v) is 8.96. The third kappa shape index (κ3) is 3.38. The van der Waals surface area contributed by atoms with Crippen LogP contribution in [0.3, 0.4) is 0 Å². The van der Waals surface area contributed by atoms with E-state index in [1.165, 1.54) is 0 Å². The van der Waals surface area contributed by atoms with Crippen molar-refractivity contribution in [3.8, 4) is 11.5 Å². The van der Waals surface area contributed by atoms with Crippen molar-refractivity contribution in [2.75, 3.05) is 24.9 Å². The van der Waals surface area contributed by atoms with Crippen LogP contribution >= 0.6 is 0 Å². The van der Waals surface area contributed by atoms with Gasteiger partial charge in [-0.1, -0.05) is 35.4 Å². The van der Waals surface area contributed by atoms with E-state index < -0.39 is 6.04 Å². The maximum absolute atomic E-state index is 13.4. The molecular weight excluding hydrogens is 372 g/mol. The van der Waals surface area contributed by atoms with Crippen LogP contribution in [-0.4, -0.2) is 40.3 Å². The first-order valence-electron chi connectivity index (χ1n) is 8.96. The number of aromatic nitrogens is 4. The number of methoxy groups -OCH3 is 2. The fourth-order valence-corrected chi connectivity index (χ4v) is 3.35. The zero-order chi connectivity index (χ0) is 20.4. The average Bonchev–Trinajstić information content (AvgIpc) is 3.21. The highest BCUT2D eigenvalue weighted by molar-refractivity contribution is 6.06. The number of carbonyl (C=O) groups excluding carboxylic acids is 1. The number of tetrazole rings is 1. The van der Waals surface area contributed by atoms with Gasteiger partial charge in [0.15, 0.2) is 0 Å². The minimum Gasteiger partial charge on any atom is -0.497 e. The highest BCUT2D eigenvalue weighted by Gasteiger charge is 2.34. The summed E-state index contributed by atoms with van der Waals surface area (Å²) in [5.74, 6) is 1.32. The number of rotatable bonds is 5. The number of fused-ring (bicyclic) bond motifs is 1. The van der Waals surface area contributed by atoms with E-state index in [4.69, 9.17) is 9.47 Å². The topological polar surface area (TPSA) is 103 Å². The number of benzene rings is 2. The Hall–Kier alpha value is -3.88. The van der Waals surface area contributed by atoms with Crippen LogP contribution in [0.25, 0.3) is 0 Å². The summed E-state index contributed by atoms with van der Waals surface area (Å²) >= 11 is 0. The molecule has 0 saturated heterocycles. The zero-order valence-electron chi connectivity index (χ0n) is 16.2. The van der Waals surface area contributed by atoms with Crippen molar-refractivity contribution in [3.05, 3.63) is 65.4 Å². The molecule has 1 atom stereocenters. The first-order chi connectivity index (χ1) is 14.1. The van der Waals surface area contributed by atoms with Crippen molar-refractivity contribution >= 4 is 17.5 Å². The van der Waals surface area contributed by atoms with E-state index in [1.807, 2.05) is 37.3 Å². The van der Waals surface area contributed by atoms with Gasteiger partial charge < -0.3 is 20.1 Å². The van der Waals surface area contributed by atoms with Gasteiger partial charge in [0.1, 0.15) is 17.5 Å². The van der Waals surface area contributed by atoms with Crippen LogP contribution in [0.15, 0.2) is 59.8 Å². The highest BCUT2D eigenvalue weighted by Crippen LogP contribution is 2.36. The lowest BCUT2D eigenvalue weighted by Crippen LogP contribution is -2.31. The molecule has 1 aliphatic rings. The van der Waals surface area contributed by atoms with Gasteiger partial charge in [-0.25, -0.2) is 0 Å². The largest absolute Gasteiger partial charge is 0.497 e. The van der Waals surface area contributed by atoms with Crippen molar-refractivity contribution in [1.29, 1.82) is 0 Å². The molecule has 148 valence electrons. The monoisotopic (exact) mass is 392 g/mol. The van der Waals surface area contributed by atoms with Crippen molar-refractivity contribution in [3.63, 3.8) is 0 Å². The Bertz CT molecular complexity index is 1080. The summed E-state index contributed by atoms with van der Waals surface area (Å²) in [5, 5.41) is 17.9. The zero-order valence-corrected chi connectivity index (χ0v) is 16.2. The number of allylic oxidation sites excluding steroid dienone is 1. The van der Waals surface area contributed by atoms with E-state index in [0.717, 1.165) is 5.56 Å². The summed E-state index contributed by atoms with van der Waals surface area (Å²) in [7, 11) is 3.11. The van der Waals surface area contributed by atoms with Gasteiger partial charge in [0, 0.05) is 11.8 Å². The van der Waals surface area contributed by atoms with Gasteiger partial charge in [-0.3, -0.25) is 4.79 Å². The second kappa shape index (κ2) is 7.63. The fourth-order valence-electron chi connectivity index (χ4n) is 3.35. The average molecular weight is 392 g/mol. The van der Waals surface area contributed by atoms with Crippen LogP contribution in [0.5, 0.6) is 11.5 Å². The highest BCUT2D eigenvalue weighted by atomic mass is 16.5. The Morgan fingerprint density at radius 1 is 1.14 bits per heavy atom. The van der Waals surface area contributed by atoms with E-state index in [0.29, 0.717) is 34.4 Å². The molecule has 9 heteroatoms. The van der Waals surface area contributed by atoms with Crippen LogP contribution in [0.4, 0.5) is 11.6 Å². The SMILES string of the molecule is COc1ccc(OC)c(NC(=O)C2=C(C)Nc3nnnn3[C@H]2c2ccccc2)c1. The van der Waals surface area contributed by atoms with Crippen LogP contribution in [-0.2, 0) is 4.79 Å². The van der Waals surface area contributed by atoms with Crippen molar-refractivity contribution < 1.29 is 14.3 Å². The van der Waals surface area contributed by atoms with Gasteiger partial charge in [-0.05, 0) is 35.0 Å². The molecule has 0 saturated carbocycles.